The number of aromatic nitrogens is 1. The summed E-state index contributed by atoms with van der Waals surface area (Å²) in [5.74, 6) is -0.905. The Morgan fingerprint density at radius 3 is 2.93 bits per heavy atom. The number of aliphatic carboxylic acids is 1. The number of allylic oxidation sites excluding steroid dienone is 1. The fourth-order valence-electron chi connectivity index (χ4n) is 0.928. The van der Waals surface area contributed by atoms with Gasteiger partial charge in [-0.1, -0.05) is 6.07 Å². The third-order valence-electron chi connectivity index (χ3n) is 1.53. The van der Waals surface area contributed by atoms with Gasteiger partial charge in [-0.2, -0.15) is 5.26 Å². The van der Waals surface area contributed by atoms with Crippen molar-refractivity contribution in [2.24, 2.45) is 0 Å². The average Bonchev–Trinajstić information content (AvgIpc) is 2.16. The predicted molar refractivity (Wildman–Crippen MR) is 50.2 cm³/mol. The predicted octanol–water partition coefficient (Wildman–Crippen LogP) is 1.25. The number of carbonyl (C=O) groups is 1. The molecule has 4 heteroatoms. The van der Waals surface area contributed by atoms with Crippen LogP contribution in [0.3, 0.4) is 0 Å². The highest BCUT2D eigenvalue weighted by molar-refractivity contribution is 5.69. The molecule has 0 atom stereocenters. The SMILES string of the molecule is N#CC=Cc1ccc(CC(=O)O)nc1. The van der Waals surface area contributed by atoms with E-state index in [0.29, 0.717) is 5.69 Å². The van der Waals surface area contributed by atoms with E-state index >= 15 is 0 Å². The van der Waals surface area contributed by atoms with Gasteiger partial charge < -0.3 is 5.11 Å². The zero-order valence-electron chi connectivity index (χ0n) is 7.34. The number of hydrogen-bond donors (Lipinski definition) is 1. The molecular weight excluding hydrogens is 180 g/mol. The van der Waals surface area contributed by atoms with Crippen LogP contribution < -0.4 is 0 Å². The molecule has 1 heterocycles. The van der Waals surface area contributed by atoms with Crippen molar-refractivity contribution in [2.75, 3.05) is 0 Å². The molecule has 1 N–H and O–H groups in total. The molecule has 0 saturated heterocycles. The Kier molecular flexibility index (Phi) is 3.39. The lowest BCUT2D eigenvalue weighted by Gasteiger charge is -1.96. The van der Waals surface area contributed by atoms with Crippen LogP contribution in [0.15, 0.2) is 24.4 Å². The van der Waals surface area contributed by atoms with Crippen molar-refractivity contribution in [1.29, 1.82) is 5.26 Å². The first-order chi connectivity index (χ1) is 6.72. The molecule has 14 heavy (non-hydrogen) atoms. The summed E-state index contributed by atoms with van der Waals surface area (Å²) in [6, 6.07) is 5.21. The molecule has 0 aliphatic heterocycles. The second-order valence-electron chi connectivity index (χ2n) is 2.62. The Balaban J connectivity index is 2.74. The van der Waals surface area contributed by atoms with Crippen molar-refractivity contribution in [3.8, 4) is 6.07 Å². The van der Waals surface area contributed by atoms with E-state index in [-0.39, 0.29) is 6.42 Å². The first-order valence-electron chi connectivity index (χ1n) is 3.95. The molecule has 0 aromatic carbocycles. The average molecular weight is 188 g/mol. The molecule has 1 rings (SSSR count). The van der Waals surface area contributed by atoms with Gasteiger partial charge in [-0.15, -0.1) is 0 Å². The van der Waals surface area contributed by atoms with Gasteiger partial charge in [0.05, 0.1) is 18.2 Å². The molecule has 0 bridgehead atoms. The normalized spacial score (nSPS) is 9.93. The van der Waals surface area contributed by atoms with Crippen LogP contribution >= 0.6 is 0 Å². The smallest absolute Gasteiger partial charge is 0.309 e. The maximum absolute atomic E-state index is 10.3. The summed E-state index contributed by atoms with van der Waals surface area (Å²) in [5.41, 5.74) is 1.28. The summed E-state index contributed by atoms with van der Waals surface area (Å²) in [6.45, 7) is 0. The second-order valence-corrected chi connectivity index (χ2v) is 2.62. The minimum absolute atomic E-state index is 0.0811. The van der Waals surface area contributed by atoms with E-state index in [1.54, 1.807) is 18.2 Å². The van der Waals surface area contributed by atoms with Crippen LogP contribution in [0, 0.1) is 11.3 Å². The number of carboxylic acids is 1. The van der Waals surface area contributed by atoms with E-state index < -0.39 is 5.97 Å². The van der Waals surface area contributed by atoms with Crippen molar-refractivity contribution < 1.29 is 9.90 Å². The van der Waals surface area contributed by atoms with Crippen molar-refractivity contribution >= 4 is 12.0 Å². The summed E-state index contributed by atoms with van der Waals surface area (Å²) in [7, 11) is 0. The molecule has 0 radical (unpaired) electrons. The Bertz CT molecular complexity index is 388. The van der Waals surface area contributed by atoms with Gasteiger partial charge in [0.2, 0.25) is 0 Å². The molecule has 0 amide bonds. The van der Waals surface area contributed by atoms with E-state index in [1.807, 2.05) is 6.07 Å². The highest BCUT2D eigenvalue weighted by Gasteiger charge is 2.00. The Labute approximate surface area is 81.1 Å². The highest BCUT2D eigenvalue weighted by Crippen LogP contribution is 2.02. The number of rotatable bonds is 3. The topological polar surface area (TPSA) is 74.0 Å². The highest BCUT2D eigenvalue weighted by atomic mass is 16.4. The standard InChI is InChI=1S/C10H8N2O2/c11-5-1-2-8-3-4-9(12-7-8)6-10(13)14/h1-4,7H,6H2,(H,13,14). The van der Waals surface area contributed by atoms with Crippen LogP contribution in [-0.4, -0.2) is 16.1 Å². The number of pyridine rings is 1. The van der Waals surface area contributed by atoms with Crippen molar-refractivity contribution in [3.63, 3.8) is 0 Å². The van der Waals surface area contributed by atoms with Gasteiger partial charge in [0.15, 0.2) is 0 Å². The van der Waals surface area contributed by atoms with E-state index in [2.05, 4.69) is 4.98 Å². The van der Waals surface area contributed by atoms with E-state index in [9.17, 15) is 4.79 Å². The minimum Gasteiger partial charge on any atom is -0.481 e. The maximum atomic E-state index is 10.3. The Morgan fingerprint density at radius 2 is 2.43 bits per heavy atom. The molecule has 1 aromatic rings. The Morgan fingerprint density at radius 1 is 1.64 bits per heavy atom. The second kappa shape index (κ2) is 4.77. The number of nitrogens with zero attached hydrogens (tertiary/aromatic N) is 2. The van der Waals surface area contributed by atoms with Gasteiger partial charge in [-0.05, 0) is 17.7 Å². The van der Waals surface area contributed by atoms with Gasteiger partial charge in [0.25, 0.3) is 0 Å². The molecule has 0 fully saturated rings. The third-order valence-corrected chi connectivity index (χ3v) is 1.53. The van der Waals surface area contributed by atoms with Crippen LogP contribution in [0.4, 0.5) is 0 Å². The molecule has 0 aliphatic rings. The zero-order valence-corrected chi connectivity index (χ0v) is 7.34. The fourth-order valence-corrected chi connectivity index (χ4v) is 0.928. The molecule has 70 valence electrons. The van der Waals surface area contributed by atoms with Gasteiger partial charge in [-0.3, -0.25) is 9.78 Å². The molecule has 0 unspecified atom stereocenters. The van der Waals surface area contributed by atoms with Crippen molar-refractivity contribution in [3.05, 3.63) is 35.7 Å². The maximum Gasteiger partial charge on any atom is 0.309 e. The summed E-state index contributed by atoms with van der Waals surface area (Å²) < 4.78 is 0. The zero-order chi connectivity index (χ0) is 10.4. The molecular formula is C10H8N2O2. The first kappa shape index (κ1) is 9.93. The van der Waals surface area contributed by atoms with E-state index in [4.69, 9.17) is 10.4 Å². The fraction of sp³-hybridized carbons (Fsp3) is 0.100. The van der Waals surface area contributed by atoms with Gasteiger partial charge in [-0.25, -0.2) is 0 Å². The van der Waals surface area contributed by atoms with Crippen LogP contribution in [0.5, 0.6) is 0 Å². The lowest BCUT2D eigenvalue weighted by atomic mass is 10.2. The molecule has 4 nitrogen and oxygen atoms in total. The van der Waals surface area contributed by atoms with E-state index in [0.717, 1.165) is 5.56 Å². The van der Waals surface area contributed by atoms with Crippen LogP contribution in [0.25, 0.3) is 6.08 Å². The molecule has 0 aliphatic carbocycles. The Hall–Kier alpha value is -2.15. The summed E-state index contributed by atoms with van der Waals surface area (Å²) in [4.78, 5) is 14.3. The van der Waals surface area contributed by atoms with Gasteiger partial charge >= 0.3 is 5.97 Å². The largest absolute Gasteiger partial charge is 0.481 e. The van der Waals surface area contributed by atoms with Crippen molar-refractivity contribution in [1.82, 2.24) is 4.98 Å². The van der Waals surface area contributed by atoms with Crippen LogP contribution in [0.2, 0.25) is 0 Å². The minimum atomic E-state index is -0.905. The van der Waals surface area contributed by atoms with Gasteiger partial charge in [0, 0.05) is 12.3 Å². The summed E-state index contributed by atoms with van der Waals surface area (Å²) in [5, 5.41) is 16.7. The lowest BCUT2D eigenvalue weighted by molar-refractivity contribution is -0.136. The summed E-state index contributed by atoms with van der Waals surface area (Å²) >= 11 is 0. The lowest BCUT2D eigenvalue weighted by Crippen LogP contribution is -2.01. The number of carboxylic acid groups (broad SMARTS) is 1. The summed E-state index contributed by atoms with van der Waals surface area (Å²) in [6.07, 6.45) is 4.40. The van der Waals surface area contributed by atoms with Gasteiger partial charge in [0.1, 0.15) is 0 Å². The van der Waals surface area contributed by atoms with Crippen LogP contribution in [-0.2, 0) is 11.2 Å². The molecule has 0 saturated carbocycles. The van der Waals surface area contributed by atoms with E-state index in [1.165, 1.54) is 12.3 Å². The van der Waals surface area contributed by atoms with Crippen LogP contribution in [0.1, 0.15) is 11.3 Å². The number of nitriles is 1. The first-order valence-corrected chi connectivity index (χ1v) is 3.95. The third kappa shape index (κ3) is 3.07. The molecule has 0 spiro atoms. The van der Waals surface area contributed by atoms with Crippen molar-refractivity contribution in [2.45, 2.75) is 6.42 Å². The number of hydrogen-bond acceptors (Lipinski definition) is 3. The quantitative estimate of drug-likeness (QED) is 0.724. The monoisotopic (exact) mass is 188 g/mol. The molecule has 1 aromatic heterocycles.